The molecule has 24 heavy (non-hydrogen) atoms. The van der Waals surface area contributed by atoms with E-state index in [1.54, 1.807) is 32.4 Å². The highest BCUT2D eigenvalue weighted by Gasteiger charge is 2.21. The molecule has 0 aliphatic heterocycles. The van der Waals surface area contributed by atoms with Gasteiger partial charge in [-0.3, -0.25) is 10.1 Å². The third-order valence-corrected chi connectivity index (χ3v) is 4.85. The third kappa shape index (κ3) is 3.98. The van der Waals surface area contributed by atoms with Crippen LogP contribution in [-0.4, -0.2) is 31.2 Å². The Morgan fingerprint density at radius 2 is 1.96 bits per heavy atom. The van der Waals surface area contributed by atoms with Crippen LogP contribution in [0.15, 0.2) is 18.2 Å². The fraction of sp³-hybridized carbons (Fsp3) is 0.375. The molecule has 130 valence electrons. The molecule has 1 heterocycles. The van der Waals surface area contributed by atoms with Gasteiger partial charge in [0.25, 0.3) is 5.91 Å². The molecule has 0 fully saturated rings. The lowest BCUT2D eigenvalue weighted by Crippen LogP contribution is -2.27. The fourth-order valence-corrected chi connectivity index (χ4v) is 3.66. The van der Waals surface area contributed by atoms with Crippen LogP contribution in [0.4, 0.5) is 5.13 Å². The molecular weight excluding hydrogens is 350 g/mol. The van der Waals surface area contributed by atoms with Crippen LogP contribution in [0.3, 0.4) is 0 Å². The number of nitrogens with two attached hydrogens (primary N) is 1. The van der Waals surface area contributed by atoms with Gasteiger partial charge in [0.15, 0.2) is 5.13 Å². The highest BCUT2D eigenvalue weighted by atomic mass is 35.5. The predicted molar refractivity (Wildman–Crippen MR) is 96.9 cm³/mol. The van der Waals surface area contributed by atoms with Crippen LogP contribution in [0.5, 0.6) is 11.5 Å². The number of carbonyl (C=O) groups excluding carboxylic acids is 1. The molecule has 0 radical (unpaired) electrons. The number of aryl methyl sites for hydroxylation is 1. The number of rotatable bonds is 4. The van der Waals surface area contributed by atoms with Gasteiger partial charge in [0.1, 0.15) is 11.5 Å². The lowest BCUT2D eigenvalue weighted by atomic mass is 9.99. The third-order valence-electron chi connectivity index (χ3n) is 3.81. The van der Waals surface area contributed by atoms with Crippen LogP contribution >= 0.6 is 23.7 Å². The van der Waals surface area contributed by atoms with E-state index in [2.05, 4.69) is 10.3 Å². The highest BCUT2D eigenvalue weighted by molar-refractivity contribution is 7.15. The van der Waals surface area contributed by atoms with E-state index in [0.29, 0.717) is 22.2 Å². The van der Waals surface area contributed by atoms with Crippen molar-refractivity contribution in [2.45, 2.75) is 25.3 Å². The Bertz CT molecular complexity index is 713. The number of halogens is 1. The molecule has 3 rings (SSSR count). The molecule has 1 amide bonds. The molecule has 1 aliphatic rings. The van der Waals surface area contributed by atoms with Crippen molar-refractivity contribution in [2.75, 3.05) is 19.5 Å². The molecule has 8 heteroatoms. The number of carbonyl (C=O) groups is 1. The zero-order chi connectivity index (χ0) is 16.4. The summed E-state index contributed by atoms with van der Waals surface area (Å²) in [5, 5.41) is 3.46. The van der Waals surface area contributed by atoms with Crippen LogP contribution < -0.4 is 20.5 Å². The van der Waals surface area contributed by atoms with Gasteiger partial charge in [-0.1, -0.05) is 0 Å². The van der Waals surface area contributed by atoms with Crippen molar-refractivity contribution in [1.82, 2.24) is 4.98 Å². The number of amides is 1. The number of hydrogen-bond acceptors (Lipinski definition) is 6. The molecule has 0 spiro atoms. The summed E-state index contributed by atoms with van der Waals surface area (Å²) >= 11 is 1.50. The Kier molecular flexibility index (Phi) is 6.04. The van der Waals surface area contributed by atoms with Gasteiger partial charge in [0.2, 0.25) is 0 Å². The number of anilines is 1. The molecule has 1 aromatic heterocycles. The van der Waals surface area contributed by atoms with E-state index in [1.165, 1.54) is 16.2 Å². The van der Waals surface area contributed by atoms with Crippen LogP contribution in [0.25, 0.3) is 0 Å². The molecule has 0 saturated carbocycles. The maximum absolute atomic E-state index is 12.4. The van der Waals surface area contributed by atoms with Crippen LogP contribution in [0.2, 0.25) is 0 Å². The lowest BCUT2D eigenvalue weighted by molar-refractivity contribution is 0.102. The first-order chi connectivity index (χ1) is 11.1. The zero-order valence-corrected chi connectivity index (χ0v) is 15.1. The molecule has 0 bridgehead atoms. The molecule has 2 aromatic rings. The van der Waals surface area contributed by atoms with E-state index >= 15 is 0 Å². The minimum Gasteiger partial charge on any atom is -0.497 e. The number of fused-ring (bicyclic) bond motifs is 1. The number of nitrogens with zero attached hydrogens (tertiary/aromatic N) is 1. The summed E-state index contributed by atoms with van der Waals surface area (Å²) in [5.74, 6) is 0.899. The standard InChI is InChI=1S/C16H19N3O3S.ClH/c1-21-11-5-9(6-12(8-11)22-2)15(20)19-16-18-13-4-3-10(17)7-14(13)23-16;/h5-6,8,10H,3-4,7,17H2,1-2H3,(H,18,19,20);1H/t10-;/m0./s1. The Hall–Kier alpha value is -1.83. The van der Waals surface area contributed by atoms with Gasteiger partial charge in [-0.15, -0.1) is 23.7 Å². The van der Waals surface area contributed by atoms with Gasteiger partial charge < -0.3 is 15.2 Å². The molecular formula is C16H20ClN3O3S. The molecule has 1 atom stereocenters. The monoisotopic (exact) mass is 369 g/mol. The first kappa shape index (κ1) is 18.5. The van der Waals surface area contributed by atoms with Crippen molar-refractivity contribution in [2.24, 2.45) is 5.73 Å². The number of methoxy groups -OCH3 is 2. The second-order valence-electron chi connectivity index (χ2n) is 5.45. The van der Waals surface area contributed by atoms with Crippen molar-refractivity contribution in [1.29, 1.82) is 0 Å². The van der Waals surface area contributed by atoms with E-state index < -0.39 is 0 Å². The van der Waals surface area contributed by atoms with Crippen molar-refractivity contribution < 1.29 is 14.3 Å². The summed E-state index contributed by atoms with van der Waals surface area (Å²) in [4.78, 5) is 18.1. The van der Waals surface area contributed by atoms with Gasteiger partial charge >= 0.3 is 0 Å². The van der Waals surface area contributed by atoms with E-state index in [1.807, 2.05) is 0 Å². The maximum Gasteiger partial charge on any atom is 0.257 e. The SMILES string of the molecule is COc1cc(OC)cc(C(=O)Nc2nc3c(s2)C[C@@H](N)CC3)c1.Cl. The number of nitrogens with one attached hydrogen (secondary N) is 1. The van der Waals surface area contributed by atoms with E-state index in [9.17, 15) is 4.79 Å². The van der Waals surface area contributed by atoms with Gasteiger partial charge in [0.05, 0.1) is 19.9 Å². The summed E-state index contributed by atoms with van der Waals surface area (Å²) in [6, 6.07) is 5.25. The minimum absolute atomic E-state index is 0. The molecule has 1 aliphatic carbocycles. The predicted octanol–water partition coefficient (Wildman–Crippen LogP) is 2.65. The molecule has 1 aromatic carbocycles. The van der Waals surface area contributed by atoms with Crippen molar-refractivity contribution in [3.05, 3.63) is 34.3 Å². The van der Waals surface area contributed by atoms with Gasteiger partial charge in [-0.25, -0.2) is 4.98 Å². The largest absolute Gasteiger partial charge is 0.497 e. The normalized spacial score (nSPS) is 15.9. The summed E-state index contributed by atoms with van der Waals surface area (Å²) in [7, 11) is 3.10. The average Bonchev–Trinajstić information content (AvgIpc) is 2.95. The average molecular weight is 370 g/mol. The first-order valence-corrected chi connectivity index (χ1v) is 8.19. The van der Waals surface area contributed by atoms with Crippen molar-refractivity contribution in [3.63, 3.8) is 0 Å². The van der Waals surface area contributed by atoms with Crippen molar-refractivity contribution >= 4 is 34.8 Å². The van der Waals surface area contributed by atoms with E-state index in [-0.39, 0.29) is 24.4 Å². The van der Waals surface area contributed by atoms with Gasteiger partial charge in [-0.05, 0) is 31.4 Å². The highest BCUT2D eigenvalue weighted by Crippen LogP contribution is 2.30. The Morgan fingerprint density at radius 3 is 2.58 bits per heavy atom. The lowest BCUT2D eigenvalue weighted by Gasteiger charge is -2.15. The van der Waals surface area contributed by atoms with Crippen LogP contribution in [-0.2, 0) is 12.8 Å². The summed E-state index contributed by atoms with van der Waals surface area (Å²) < 4.78 is 10.4. The molecule has 0 unspecified atom stereocenters. The second-order valence-corrected chi connectivity index (χ2v) is 6.53. The molecule has 0 saturated heterocycles. The number of ether oxygens (including phenoxy) is 2. The Labute approximate surface area is 150 Å². The smallest absolute Gasteiger partial charge is 0.257 e. The molecule has 3 N–H and O–H groups in total. The topological polar surface area (TPSA) is 86.5 Å². The van der Waals surface area contributed by atoms with Crippen LogP contribution in [0, 0.1) is 0 Å². The summed E-state index contributed by atoms with van der Waals surface area (Å²) in [5.41, 5.74) is 7.49. The first-order valence-electron chi connectivity index (χ1n) is 7.37. The Morgan fingerprint density at radius 1 is 1.29 bits per heavy atom. The quantitative estimate of drug-likeness (QED) is 0.865. The van der Waals surface area contributed by atoms with E-state index in [4.69, 9.17) is 15.2 Å². The van der Waals surface area contributed by atoms with Crippen molar-refractivity contribution in [3.8, 4) is 11.5 Å². The van der Waals surface area contributed by atoms with Gasteiger partial charge in [0, 0.05) is 22.5 Å². The Balaban J connectivity index is 0.00000208. The summed E-state index contributed by atoms with van der Waals surface area (Å²) in [6.07, 6.45) is 2.64. The number of thiazole rings is 1. The fourth-order valence-electron chi connectivity index (χ4n) is 2.56. The van der Waals surface area contributed by atoms with Crippen LogP contribution in [0.1, 0.15) is 27.3 Å². The maximum atomic E-state index is 12.4. The number of aromatic nitrogens is 1. The minimum atomic E-state index is -0.238. The number of benzene rings is 1. The molecule has 6 nitrogen and oxygen atoms in total. The summed E-state index contributed by atoms with van der Waals surface area (Å²) in [6.45, 7) is 0. The van der Waals surface area contributed by atoms with Gasteiger partial charge in [-0.2, -0.15) is 0 Å². The zero-order valence-electron chi connectivity index (χ0n) is 13.5. The number of hydrogen-bond donors (Lipinski definition) is 2. The second kappa shape index (κ2) is 7.83. The van der Waals surface area contributed by atoms with E-state index in [0.717, 1.165) is 25.0 Å².